The van der Waals surface area contributed by atoms with Crippen LogP contribution in [0.2, 0.25) is 5.02 Å². The van der Waals surface area contributed by atoms with E-state index in [1.54, 1.807) is 30.5 Å². The summed E-state index contributed by atoms with van der Waals surface area (Å²) in [6.07, 6.45) is 3.42. The van der Waals surface area contributed by atoms with Crippen LogP contribution in [-0.4, -0.2) is 27.7 Å². The maximum Gasteiger partial charge on any atom is 0.282 e. The molecule has 3 aromatic rings. The molecule has 8 heteroatoms. The molecule has 1 aliphatic rings. The SMILES string of the molecule is COc1ccc(Cl)c(C(=O)Nn2c(C3CC3)nc3ncccc3c2=O)c1. The van der Waals surface area contributed by atoms with Gasteiger partial charge in [0.2, 0.25) is 0 Å². The molecule has 1 saturated carbocycles. The fourth-order valence-corrected chi connectivity index (χ4v) is 2.93. The molecule has 0 saturated heterocycles. The molecule has 0 radical (unpaired) electrons. The van der Waals surface area contributed by atoms with Crippen molar-refractivity contribution in [1.82, 2.24) is 14.6 Å². The van der Waals surface area contributed by atoms with Gasteiger partial charge in [-0.15, -0.1) is 0 Å². The molecule has 1 N–H and O–H groups in total. The van der Waals surface area contributed by atoms with E-state index in [0.717, 1.165) is 12.8 Å². The summed E-state index contributed by atoms with van der Waals surface area (Å²) in [5, 5.41) is 0.605. The lowest BCUT2D eigenvalue weighted by Gasteiger charge is -2.14. The van der Waals surface area contributed by atoms with Gasteiger partial charge in [0.15, 0.2) is 5.65 Å². The average molecular weight is 371 g/mol. The van der Waals surface area contributed by atoms with Crippen LogP contribution in [0.5, 0.6) is 5.75 Å². The predicted octanol–water partition coefficient (Wildman–Crippen LogP) is 2.71. The summed E-state index contributed by atoms with van der Waals surface area (Å²) in [6.45, 7) is 0. The average Bonchev–Trinajstić information content (AvgIpc) is 3.49. The van der Waals surface area contributed by atoms with E-state index in [1.165, 1.54) is 17.9 Å². The number of fused-ring (bicyclic) bond motifs is 1. The third-order valence-electron chi connectivity index (χ3n) is 4.24. The summed E-state index contributed by atoms with van der Waals surface area (Å²) in [6, 6.07) is 8.05. The van der Waals surface area contributed by atoms with E-state index >= 15 is 0 Å². The molecule has 26 heavy (non-hydrogen) atoms. The number of amides is 1. The van der Waals surface area contributed by atoms with Gasteiger partial charge >= 0.3 is 0 Å². The van der Waals surface area contributed by atoms with Crippen molar-refractivity contribution < 1.29 is 9.53 Å². The standard InChI is InChI=1S/C18H15ClN4O3/c1-26-11-6-7-14(19)13(9-11)17(24)22-23-16(10-4-5-10)21-15-12(18(23)25)3-2-8-20-15/h2-3,6-10H,4-5H2,1H3,(H,22,24). The summed E-state index contributed by atoms with van der Waals surface area (Å²) in [5.41, 5.74) is 2.86. The highest BCUT2D eigenvalue weighted by molar-refractivity contribution is 6.34. The lowest BCUT2D eigenvalue weighted by atomic mass is 10.2. The molecule has 7 nitrogen and oxygen atoms in total. The molecule has 0 bridgehead atoms. The van der Waals surface area contributed by atoms with Gasteiger partial charge < -0.3 is 4.74 Å². The van der Waals surface area contributed by atoms with Crippen molar-refractivity contribution in [3.8, 4) is 5.75 Å². The second-order valence-electron chi connectivity index (χ2n) is 6.05. The third-order valence-corrected chi connectivity index (χ3v) is 4.57. The molecule has 0 spiro atoms. The predicted molar refractivity (Wildman–Crippen MR) is 97.5 cm³/mol. The van der Waals surface area contributed by atoms with Gasteiger partial charge in [-0.3, -0.25) is 15.0 Å². The summed E-state index contributed by atoms with van der Waals surface area (Å²) < 4.78 is 6.34. The van der Waals surface area contributed by atoms with Crippen LogP contribution < -0.4 is 15.7 Å². The monoisotopic (exact) mass is 370 g/mol. The van der Waals surface area contributed by atoms with Crippen molar-refractivity contribution in [2.24, 2.45) is 0 Å². The van der Waals surface area contributed by atoms with Gasteiger partial charge in [-0.25, -0.2) is 14.6 Å². The fraction of sp³-hybridized carbons (Fsp3) is 0.222. The molecular formula is C18H15ClN4O3. The number of ether oxygens (including phenoxy) is 1. The number of pyridine rings is 1. The minimum Gasteiger partial charge on any atom is -0.497 e. The minimum absolute atomic E-state index is 0.134. The number of carbonyl (C=O) groups excluding carboxylic acids is 1. The number of carbonyl (C=O) groups is 1. The van der Waals surface area contributed by atoms with Crippen LogP contribution in [-0.2, 0) is 0 Å². The number of benzene rings is 1. The Hall–Kier alpha value is -2.93. The highest BCUT2D eigenvalue weighted by Gasteiger charge is 2.30. The smallest absolute Gasteiger partial charge is 0.282 e. The second kappa shape index (κ2) is 6.42. The number of rotatable bonds is 4. The van der Waals surface area contributed by atoms with Crippen LogP contribution in [0.4, 0.5) is 0 Å². The van der Waals surface area contributed by atoms with Crippen LogP contribution in [0.3, 0.4) is 0 Å². The number of nitrogens with zero attached hydrogens (tertiary/aromatic N) is 3. The van der Waals surface area contributed by atoms with Crippen LogP contribution in [0.1, 0.15) is 34.9 Å². The number of hydrogen-bond donors (Lipinski definition) is 1. The van der Waals surface area contributed by atoms with Crippen LogP contribution in [0.15, 0.2) is 41.3 Å². The second-order valence-corrected chi connectivity index (χ2v) is 6.45. The van der Waals surface area contributed by atoms with E-state index in [-0.39, 0.29) is 22.1 Å². The van der Waals surface area contributed by atoms with E-state index in [1.807, 2.05) is 0 Å². The van der Waals surface area contributed by atoms with Crippen LogP contribution in [0.25, 0.3) is 11.0 Å². The third kappa shape index (κ3) is 2.90. The number of aromatic nitrogens is 3. The summed E-state index contributed by atoms with van der Waals surface area (Å²) >= 11 is 6.13. The Morgan fingerprint density at radius 3 is 2.88 bits per heavy atom. The first kappa shape index (κ1) is 16.5. The lowest BCUT2D eigenvalue weighted by molar-refractivity contribution is 0.101. The zero-order chi connectivity index (χ0) is 18.3. The Kier molecular flexibility index (Phi) is 4.08. The molecule has 1 amide bonds. The Bertz CT molecular complexity index is 1080. The van der Waals surface area contributed by atoms with Gasteiger partial charge in [0.05, 0.1) is 23.1 Å². The molecule has 2 aromatic heterocycles. The first-order valence-corrected chi connectivity index (χ1v) is 8.49. The van der Waals surface area contributed by atoms with Gasteiger partial charge in [0, 0.05) is 12.1 Å². The van der Waals surface area contributed by atoms with Gasteiger partial charge in [-0.2, -0.15) is 0 Å². The Labute approximate surface area is 153 Å². The van der Waals surface area contributed by atoms with Gasteiger partial charge in [0.25, 0.3) is 11.5 Å². The van der Waals surface area contributed by atoms with Gasteiger partial charge in [-0.05, 0) is 43.2 Å². The Balaban J connectivity index is 1.79. The zero-order valence-corrected chi connectivity index (χ0v) is 14.7. The highest BCUT2D eigenvalue weighted by Crippen LogP contribution is 2.38. The van der Waals surface area contributed by atoms with Gasteiger partial charge in [0.1, 0.15) is 11.6 Å². The van der Waals surface area contributed by atoms with E-state index in [4.69, 9.17) is 16.3 Å². The zero-order valence-electron chi connectivity index (χ0n) is 13.9. The lowest BCUT2D eigenvalue weighted by Crippen LogP contribution is -2.36. The molecule has 0 aliphatic heterocycles. The fourth-order valence-electron chi connectivity index (χ4n) is 2.73. The molecule has 2 heterocycles. The molecule has 4 rings (SSSR count). The Morgan fingerprint density at radius 1 is 1.35 bits per heavy atom. The van der Waals surface area contributed by atoms with Crippen molar-refractivity contribution in [2.75, 3.05) is 12.5 Å². The molecule has 1 aromatic carbocycles. The van der Waals surface area contributed by atoms with Crippen molar-refractivity contribution in [3.05, 3.63) is 63.3 Å². The molecule has 1 aliphatic carbocycles. The molecule has 1 fully saturated rings. The molecule has 0 unspecified atom stereocenters. The maximum absolute atomic E-state index is 12.9. The van der Waals surface area contributed by atoms with Crippen molar-refractivity contribution >= 4 is 28.5 Å². The topological polar surface area (TPSA) is 86.1 Å². The van der Waals surface area contributed by atoms with E-state index in [0.29, 0.717) is 22.6 Å². The number of hydrogen-bond acceptors (Lipinski definition) is 5. The minimum atomic E-state index is -0.511. The first-order chi connectivity index (χ1) is 12.6. The largest absolute Gasteiger partial charge is 0.497 e. The molecule has 0 atom stereocenters. The maximum atomic E-state index is 12.9. The number of halogens is 1. The van der Waals surface area contributed by atoms with Crippen molar-refractivity contribution in [2.45, 2.75) is 18.8 Å². The van der Waals surface area contributed by atoms with E-state index in [2.05, 4.69) is 15.4 Å². The summed E-state index contributed by atoms with van der Waals surface area (Å²) in [7, 11) is 1.50. The molecular weight excluding hydrogens is 356 g/mol. The van der Waals surface area contributed by atoms with Gasteiger partial charge in [-0.1, -0.05) is 11.6 Å². The summed E-state index contributed by atoms with van der Waals surface area (Å²) in [5.74, 6) is 0.627. The molecule has 132 valence electrons. The summed E-state index contributed by atoms with van der Waals surface area (Å²) in [4.78, 5) is 34.2. The normalized spacial score (nSPS) is 13.6. The Morgan fingerprint density at radius 2 is 2.15 bits per heavy atom. The van der Waals surface area contributed by atoms with Crippen molar-refractivity contribution in [1.29, 1.82) is 0 Å². The first-order valence-electron chi connectivity index (χ1n) is 8.11. The van der Waals surface area contributed by atoms with E-state index < -0.39 is 5.91 Å². The van der Waals surface area contributed by atoms with Crippen LogP contribution in [0, 0.1) is 0 Å². The number of nitrogens with one attached hydrogen (secondary N) is 1. The van der Waals surface area contributed by atoms with Crippen LogP contribution >= 0.6 is 11.6 Å². The van der Waals surface area contributed by atoms with Crippen molar-refractivity contribution in [3.63, 3.8) is 0 Å². The number of methoxy groups -OCH3 is 1. The highest BCUT2D eigenvalue weighted by atomic mass is 35.5. The van der Waals surface area contributed by atoms with E-state index in [9.17, 15) is 9.59 Å². The quantitative estimate of drug-likeness (QED) is 0.763.